The molecule has 1 aromatic carbocycles. The lowest BCUT2D eigenvalue weighted by molar-refractivity contribution is 0.103. The molecule has 0 aromatic heterocycles. The Morgan fingerprint density at radius 1 is 0.700 bits per heavy atom. The number of rotatable bonds is 2. The van der Waals surface area contributed by atoms with Gasteiger partial charge in [0.15, 0.2) is 0 Å². The average Bonchev–Trinajstić information content (AvgIpc) is 2.22. The second kappa shape index (κ2) is 5.30. The van der Waals surface area contributed by atoms with E-state index in [1.54, 1.807) is 0 Å². The third kappa shape index (κ3) is 3.34. The van der Waals surface area contributed by atoms with Crippen molar-refractivity contribution in [2.24, 2.45) is 0 Å². The van der Waals surface area contributed by atoms with Gasteiger partial charge in [0, 0.05) is 5.60 Å². The molecule has 1 rings (SSSR count). The SMILES string of the molecule is CC(C)(C)O[Si](c1ccccc1)(C(C)(C)C)C(C)(C)C. The highest BCUT2D eigenvalue weighted by Crippen LogP contribution is 2.52. The van der Waals surface area contributed by atoms with Gasteiger partial charge in [-0.3, -0.25) is 0 Å². The van der Waals surface area contributed by atoms with E-state index in [0.717, 1.165) is 0 Å². The summed E-state index contributed by atoms with van der Waals surface area (Å²) in [6.07, 6.45) is 0. The molecule has 114 valence electrons. The highest BCUT2D eigenvalue weighted by atomic mass is 28.4. The van der Waals surface area contributed by atoms with Gasteiger partial charge in [0.2, 0.25) is 8.32 Å². The van der Waals surface area contributed by atoms with Crippen molar-refractivity contribution in [2.45, 2.75) is 78.0 Å². The van der Waals surface area contributed by atoms with Crippen molar-refractivity contribution in [2.75, 3.05) is 0 Å². The summed E-state index contributed by atoms with van der Waals surface area (Å²) in [6.45, 7) is 20.5. The minimum Gasteiger partial charge on any atom is -0.407 e. The Labute approximate surface area is 126 Å². The van der Waals surface area contributed by atoms with E-state index in [1.165, 1.54) is 5.19 Å². The van der Waals surface area contributed by atoms with Gasteiger partial charge >= 0.3 is 0 Å². The van der Waals surface area contributed by atoms with E-state index >= 15 is 0 Å². The Bertz CT molecular complexity index is 415. The molecule has 0 aliphatic heterocycles. The molecule has 0 unspecified atom stereocenters. The lowest BCUT2D eigenvalue weighted by Crippen LogP contribution is -2.66. The standard InChI is InChI=1S/C18H32OSi/c1-16(2,3)19-20(17(4,5)6,18(7,8)9)15-13-11-10-12-14-15/h10-14H,1-9H3. The molecule has 0 bridgehead atoms. The lowest BCUT2D eigenvalue weighted by atomic mass is 10.2. The third-order valence-electron chi connectivity index (χ3n) is 3.75. The largest absolute Gasteiger partial charge is 0.407 e. The molecular weight excluding hydrogens is 260 g/mol. The minimum atomic E-state index is -2.21. The van der Waals surface area contributed by atoms with Gasteiger partial charge in [-0.05, 0) is 36.0 Å². The molecule has 0 amide bonds. The van der Waals surface area contributed by atoms with Crippen LogP contribution in [0.4, 0.5) is 0 Å². The summed E-state index contributed by atoms with van der Waals surface area (Å²) in [6, 6.07) is 10.9. The molecule has 2 heteroatoms. The molecule has 0 atom stereocenters. The maximum absolute atomic E-state index is 6.88. The van der Waals surface area contributed by atoms with E-state index in [4.69, 9.17) is 4.43 Å². The van der Waals surface area contributed by atoms with Crippen LogP contribution in [0.25, 0.3) is 0 Å². The molecule has 0 spiro atoms. The molecule has 1 aromatic rings. The average molecular weight is 293 g/mol. The van der Waals surface area contributed by atoms with Gasteiger partial charge in [0.25, 0.3) is 0 Å². The molecule has 0 saturated heterocycles. The van der Waals surface area contributed by atoms with Crippen molar-refractivity contribution in [3.63, 3.8) is 0 Å². The highest BCUT2D eigenvalue weighted by Gasteiger charge is 2.58. The first-order chi connectivity index (χ1) is 8.81. The highest BCUT2D eigenvalue weighted by molar-refractivity contribution is 6.91. The maximum atomic E-state index is 6.88. The predicted molar refractivity (Wildman–Crippen MR) is 92.1 cm³/mol. The van der Waals surface area contributed by atoms with Crippen LogP contribution in [0.2, 0.25) is 10.1 Å². The van der Waals surface area contributed by atoms with Crippen LogP contribution in [0, 0.1) is 0 Å². The number of hydrogen-bond acceptors (Lipinski definition) is 1. The van der Waals surface area contributed by atoms with Crippen molar-refractivity contribution < 1.29 is 4.43 Å². The summed E-state index contributed by atoms with van der Waals surface area (Å²) in [4.78, 5) is 0. The van der Waals surface area contributed by atoms with Gasteiger partial charge in [-0.2, -0.15) is 0 Å². The van der Waals surface area contributed by atoms with Gasteiger partial charge in [0.1, 0.15) is 0 Å². The van der Waals surface area contributed by atoms with Gasteiger partial charge in [0.05, 0.1) is 0 Å². The summed E-state index contributed by atoms with van der Waals surface area (Å²) >= 11 is 0. The van der Waals surface area contributed by atoms with Crippen LogP contribution in [0.5, 0.6) is 0 Å². The van der Waals surface area contributed by atoms with Gasteiger partial charge in [-0.15, -0.1) is 0 Å². The molecule has 0 aliphatic carbocycles. The summed E-state index contributed by atoms with van der Waals surface area (Å²) in [7, 11) is -2.21. The molecular formula is C18H32OSi. The van der Waals surface area contributed by atoms with Crippen LogP contribution >= 0.6 is 0 Å². The van der Waals surface area contributed by atoms with Crippen LogP contribution in [-0.2, 0) is 4.43 Å². The Morgan fingerprint density at radius 2 is 1.10 bits per heavy atom. The zero-order valence-corrected chi connectivity index (χ0v) is 15.8. The van der Waals surface area contributed by atoms with Crippen molar-refractivity contribution in [3.05, 3.63) is 30.3 Å². The van der Waals surface area contributed by atoms with Gasteiger partial charge < -0.3 is 4.43 Å². The molecule has 0 heterocycles. The van der Waals surface area contributed by atoms with Crippen LogP contribution in [0.15, 0.2) is 30.3 Å². The Kier molecular flexibility index (Phi) is 4.63. The summed E-state index contributed by atoms with van der Waals surface area (Å²) in [5.41, 5.74) is -0.136. The molecule has 0 N–H and O–H groups in total. The molecule has 1 nitrogen and oxygen atoms in total. The molecule has 0 saturated carbocycles. The van der Waals surface area contributed by atoms with Gasteiger partial charge in [-0.25, -0.2) is 0 Å². The minimum absolute atomic E-state index is 0.125. The number of benzene rings is 1. The third-order valence-corrected chi connectivity index (χ3v) is 10.0. The van der Waals surface area contributed by atoms with Crippen LogP contribution in [0.1, 0.15) is 62.3 Å². The molecule has 0 radical (unpaired) electrons. The number of hydrogen-bond donors (Lipinski definition) is 0. The van der Waals surface area contributed by atoms with Crippen molar-refractivity contribution >= 4 is 13.5 Å². The Balaban J connectivity index is 3.61. The zero-order valence-electron chi connectivity index (χ0n) is 14.8. The Morgan fingerprint density at radius 3 is 1.40 bits per heavy atom. The Hall–Kier alpha value is -0.603. The van der Waals surface area contributed by atoms with Crippen molar-refractivity contribution in [3.8, 4) is 0 Å². The maximum Gasteiger partial charge on any atom is 0.235 e. The van der Waals surface area contributed by atoms with E-state index in [2.05, 4.69) is 92.6 Å². The fourth-order valence-electron chi connectivity index (χ4n) is 3.49. The quantitative estimate of drug-likeness (QED) is 0.676. The second-order valence-corrected chi connectivity index (χ2v) is 13.9. The van der Waals surface area contributed by atoms with Crippen molar-refractivity contribution in [1.82, 2.24) is 0 Å². The second-order valence-electron chi connectivity index (χ2n) is 8.76. The molecule has 0 fully saturated rings. The van der Waals surface area contributed by atoms with E-state index in [-0.39, 0.29) is 15.7 Å². The first-order valence-corrected chi connectivity index (χ1v) is 9.48. The van der Waals surface area contributed by atoms with E-state index in [9.17, 15) is 0 Å². The molecule has 0 aliphatic rings. The first kappa shape index (κ1) is 17.4. The van der Waals surface area contributed by atoms with E-state index < -0.39 is 8.32 Å². The fourth-order valence-corrected chi connectivity index (χ4v) is 9.78. The monoisotopic (exact) mass is 292 g/mol. The normalized spacial score (nSPS) is 14.4. The van der Waals surface area contributed by atoms with Crippen LogP contribution in [0.3, 0.4) is 0 Å². The summed E-state index contributed by atoms with van der Waals surface area (Å²) in [5, 5.41) is 1.65. The van der Waals surface area contributed by atoms with E-state index in [1.807, 2.05) is 0 Å². The van der Waals surface area contributed by atoms with Crippen LogP contribution in [-0.4, -0.2) is 13.9 Å². The lowest BCUT2D eigenvalue weighted by Gasteiger charge is -2.53. The summed E-state index contributed by atoms with van der Waals surface area (Å²) in [5.74, 6) is 0. The van der Waals surface area contributed by atoms with E-state index in [0.29, 0.717) is 0 Å². The van der Waals surface area contributed by atoms with Crippen molar-refractivity contribution in [1.29, 1.82) is 0 Å². The smallest absolute Gasteiger partial charge is 0.235 e. The van der Waals surface area contributed by atoms with Gasteiger partial charge in [-0.1, -0.05) is 71.9 Å². The van der Waals surface area contributed by atoms with Crippen LogP contribution < -0.4 is 5.19 Å². The summed E-state index contributed by atoms with van der Waals surface area (Å²) < 4.78 is 6.88. The molecule has 20 heavy (non-hydrogen) atoms. The topological polar surface area (TPSA) is 9.23 Å². The fraction of sp³-hybridized carbons (Fsp3) is 0.667. The first-order valence-electron chi connectivity index (χ1n) is 7.57. The predicted octanol–water partition coefficient (Wildman–Crippen LogP) is 5.25. The zero-order chi connectivity index (χ0) is 15.8.